The van der Waals surface area contributed by atoms with Gasteiger partial charge in [0.25, 0.3) is 5.91 Å². The van der Waals surface area contributed by atoms with E-state index in [2.05, 4.69) is 12.2 Å². The number of nitrogens with one attached hydrogen (secondary N) is 1. The van der Waals surface area contributed by atoms with Gasteiger partial charge >= 0.3 is 0 Å². The summed E-state index contributed by atoms with van der Waals surface area (Å²) < 4.78 is 61.7. The van der Waals surface area contributed by atoms with Crippen LogP contribution < -0.4 is 15.0 Å². The van der Waals surface area contributed by atoms with Crippen LogP contribution in [0.1, 0.15) is 60.5 Å². The summed E-state index contributed by atoms with van der Waals surface area (Å²) in [7, 11) is 0. The molecule has 4 rings (SSSR count). The van der Waals surface area contributed by atoms with Gasteiger partial charge in [-0.1, -0.05) is 44.2 Å². The SMILES string of the molecule is CCCCCCCOc1ccc(F)c(CN2C(=O)CSc3cc(C(=O)NCc4c(F)cc(F)cc4F)ccc32)c1Cl. The fraction of sp³-hybridized carbons (Fsp3) is 0.333. The molecule has 5 nitrogen and oxygen atoms in total. The van der Waals surface area contributed by atoms with E-state index in [9.17, 15) is 27.2 Å². The average Bonchev–Trinajstić information content (AvgIpc) is 2.94. The van der Waals surface area contributed by atoms with E-state index in [0.29, 0.717) is 35.1 Å². The molecule has 41 heavy (non-hydrogen) atoms. The molecule has 0 aromatic heterocycles. The third-order valence-electron chi connectivity index (χ3n) is 6.67. The standard InChI is InChI=1S/C30H29ClF4N2O3S/c1-2-3-4-5-6-11-40-26-10-8-22(33)21(29(26)31)16-37-25-9-7-18(12-27(25)41-17-28(37)38)30(39)36-15-20-23(34)13-19(32)14-24(20)35/h7-10,12-14H,2-6,11,15-17H2,1H3,(H,36,39). The summed E-state index contributed by atoms with van der Waals surface area (Å²) >= 11 is 7.73. The van der Waals surface area contributed by atoms with Crippen LogP contribution in [0, 0.1) is 23.3 Å². The molecule has 1 aliphatic heterocycles. The number of hydrogen-bond donors (Lipinski definition) is 1. The zero-order chi connectivity index (χ0) is 29.5. The third-order valence-corrected chi connectivity index (χ3v) is 8.11. The number of ether oxygens (including phenoxy) is 1. The number of rotatable bonds is 12. The lowest BCUT2D eigenvalue weighted by atomic mass is 10.1. The maximum Gasteiger partial charge on any atom is 0.251 e. The number of halogens is 5. The molecule has 3 aromatic rings. The van der Waals surface area contributed by atoms with Gasteiger partial charge in [0.15, 0.2) is 0 Å². The summed E-state index contributed by atoms with van der Waals surface area (Å²) in [6, 6.07) is 8.36. The Morgan fingerprint density at radius 3 is 2.44 bits per heavy atom. The molecule has 1 aliphatic rings. The van der Waals surface area contributed by atoms with Crippen LogP contribution in [0.4, 0.5) is 23.2 Å². The summed E-state index contributed by atoms with van der Waals surface area (Å²) in [5.74, 6) is -4.33. The van der Waals surface area contributed by atoms with E-state index in [1.54, 1.807) is 12.1 Å². The molecule has 1 N–H and O–H groups in total. The first-order valence-electron chi connectivity index (χ1n) is 13.3. The van der Waals surface area contributed by atoms with Crippen molar-refractivity contribution in [2.75, 3.05) is 17.3 Å². The molecular weight excluding hydrogens is 580 g/mol. The lowest BCUT2D eigenvalue weighted by Gasteiger charge is -2.30. The Morgan fingerprint density at radius 1 is 0.976 bits per heavy atom. The monoisotopic (exact) mass is 608 g/mol. The predicted octanol–water partition coefficient (Wildman–Crippen LogP) is 7.81. The van der Waals surface area contributed by atoms with Gasteiger partial charge in [-0.3, -0.25) is 9.59 Å². The second-order valence-electron chi connectivity index (χ2n) is 9.58. The van der Waals surface area contributed by atoms with Gasteiger partial charge in [-0.25, -0.2) is 17.6 Å². The van der Waals surface area contributed by atoms with Gasteiger partial charge in [0, 0.05) is 40.3 Å². The minimum Gasteiger partial charge on any atom is -0.492 e. The Labute approximate surface area is 245 Å². The van der Waals surface area contributed by atoms with Crippen LogP contribution in [-0.2, 0) is 17.9 Å². The normalized spacial score (nSPS) is 12.8. The molecule has 0 saturated carbocycles. The number of benzene rings is 3. The maximum absolute atomic E-state index is 14.9. The number of hydrogen-bond acceptors (Lipinski definition) is 4. The van der Waals surface area contributed by atoms with Crippen LogP contribution in [0.2, 0.25) is 5.02 Å². The summed E-state index contributed by atoms with van der Waals surface area (Å²) in [5.41, 5.74) is 0.306. The summed E-state index contributed by atoms with van der Waals surface area (Å²) in [4.78, 5) is 27.6. The minimum atomic E-state index is -1.11. The molecule has 0 saturated heterocycles. The zero-order valence-electron chi connectivity index (χ0n) is 22.4. The number of nitrogens with zero attached hydrogens (tertiary/aromatic N) is 1. The van der Waals surface area contributed by atoms with Crippen LogP contribution in [0.15, 0.2) is 47.4 Å². The zero-order valence-corrected chi connectivity index (χ0v) is 23.9. The van der Waals surface area contributed by atoms with Crippen molar-refractivity contribution in [2.24, 2.45) is 0 Å². The van der Waals surface area contributed by atoms with Crippen molar-refractivity contribution in [3.05, 3.63) is 87.4 Å². The number of fused-ring (bicyclic) bond motifs is 1. The first-order valence-corrected chi connectivity index (χ1v) is 14.6. The van der Waals surface area contributed by atoms with Crippen LogP contribution in [0.3, 0.4) is 0 Å². The third kappa shape index (κ3) is 7.54. The predicted molar refractivity (Wildman–Crippen MR) is 152 cm³/mol. The van der Waals surface area contributed by atoms with E-state index in [1.165, 1.54) is 34.9 Å². The Bertz CT molecular complexity index is 1420. The highest BCUT2D eigenvalue weighted by molar-refractivity contribution is 8.00. The molecule has 218 valence electrons. The van der Waals surface area contributed by atoms with Crippen molar-refractivity contribution < 1.29 is 31.9 Å². The van der Waals surface area contributed by atoms with E-state index in [1.807, 2.05) is 0 Å². The number of carbonyl (C=O) groups excluding carboxylic acids is 2. The summed E-state index contributed by atoms with van der Waals surface area (Å²) in [6.07, 6.45) is 5.29. The van der Waals surface area contributed by atoms with Crippen molar-refractivity contribution in [3.63, 3.8) is 0 Å². The van der Waals surface area contributed by atoms with Gasteiger partial charge < -0.3 is 15.0 Å². The second kappa shape index (κ2) is 14.1. The van der Waals surface area contributed by atoms with Gasteiger partial charge in [0.2, 0.25) is 5.91 Å². The van der Waals surface area contributed by atoms with Crippen molar-refractivity contribution in [1.29, 1.82) is 0 Å². The molecule has 0 aliphatic carbocycles. The van der Waals surface area contributed by atoms with Gasteiger partial charge in [-0.05, 0) is 36.8 Å². The van der Waals surface area contributed by atoms with Gasteiger partial charge in [0.1, 0.15) is 29.0 Å². The fourth-order valence-corrected chi connectivity index (χ4v) is 5.65. The molecule has 0 bridgehead atoms. The maximum atomic E-state index is 14.9. The van der Waals surface area contributed by atoms with Crippen molar-refractivity contribution >= 4 is 40.9 Å². The molecule has 11 heteroatoms. The Hall–Kier alpha value is -3.24. The fourth-order valence-electron chi connectivity index (χ4n) is 4.41. The average molecular weight is 609 g/mol. The lowest BCUT2D eigenvalue weighted by Crippen LogP contribution is -2.35. The van der Waals surface area contributed by atoms with Gasteiger partial charge in [-0.2, -0.15) is 0 Å². The van der Waals surface area contributed by atoms with E-state index in [0.717, 1.165) is 32.1 Å². The molecule has 0 spiro atoms. The highest BCUT2D eigenvalue weighted by atomic mass is 35.5. The number of unbranched alkanes of at least 4 members (excludes halogenated alkanes) is 4. The van der Waals surface area contributed by atoms with Gasteiger partial charge in [0.05, 0.1) is 29.6 Å². The first-order chi connectivity index (χ1) is 19.7. The molecule has 1 heterocycles. The number of anilines is 1. The molecule has 0 fully saturated rings. The van der Waals surface area contributed by atoms with E-state index in [-0.39, 0.29) is 34.4 Å². The van der Waals surface area contributed by atoms with Crippen LogP contribution in [0.5, 0.6) is 5.75 Å². The van der Waals surface area contributed by atoms with E-state index in [4.69, 9.17) is 16.3 Å². The largest absolute Gasteiger partial charge is 0.492 e. The minimum absolute atomic E-state index is 0.0528. The molecule has 3 aromatic carbocycles. The lowest BCUT2D eigenvalue weighted by molar-refractivity contribution is -0.116. The van der Waals surface area contributed by atoms with E-state index < -0.39 is 41.3 Å². The van der Waals surface area contributed by atoms with E-state index >= 15 is 0 Å². The highest BCUT2D eigenvalue weighted by Crippen LogP contribution is 2.39. The van der Waals surface area contributed by atoms with Crippen molar-refractivity contribution in [1.82, 2.24) is 5.32 Å². The van der Waals surface area contributed by atoms with Crippen LogP contribution in [-0.4, -0.2) is 24.2 Å². The molecule has 0 radical (unpaired) electrons. The first kappa shape index (κ1) is 30.7. The number of thioether (sulfide) groups is 1. The molecule has 0 unspecified atom stereocenters. The molecule has 2 amide bonds. The Kier molecular flexibility index (Phi) is 10.6. The number of amides is 2. The molecule has 0 atom stereocenters. The Morgan fingerprint density at radius 2 is 1.71 bits per heavy atom. The smallest absolute Gasteiger partial charge is 0.251 e. The van der Waals surface area contributed by atoms with Crippen LogP contribution >= 0.6 is 23.4 Å². The quantitative estimate of drug-likeness (QED) is 0.168. The highest BCUT2D eigenvalue weighted by Gasteiger charge is 2.28. The molecular formula is C30H29ClF4N2O3S. The van der Waals surface area contributed by atoms with Crippen LogP contribution in [0.25, 0.3) is 0 Å². The topological polar surface area (TPSA) is 58.6 Å². The second-order valence-corrected chi connectivity index (χ2v) is 11.0. The number of carbonyl (C=O) groups is 2. The van der Waals surface area contributed by atoms with Crippen molar-refractivity contribution in [3.8, 4) is 5.75 Å². The Balaban J connectivity index is 1.47. The summed E-state index contributed by atoms with van der Waals surface area (Å²) in [5, 5.41) is 2.52. The summed E-state index contributed by atoms with van der Waals surface area (Å²) in [6.45, 7) is 1.96. The van der Waals surface area contributed by atoms with Crippen molar-refractivity contribution in [2.45, 2.75) is 57.0 Å². The van der Waals surface area contributed by atoms with Gasteiger partial charge in [-0.15, -0.1) is 11.8 Å².